The van der Waals surface area contributed by atoms with Gasteiger partial charge < -0.3 is 24.5 Å². The van der Waals surface area contributed by atoms with Crippen molar-refractivity contribution in [3.05, 3.63) is 11.9 Å². The van der Waals surface area contributed by atoms with Gasteiger partial charge in [-0.15, -0.1) is 0 Å². The van der Waals surface area contributed by atoms with E-state index in [1.807, 2.05) is 6.92 Å². The molecule has 118 valence electrons. The number of nitrogens with two attached hydrogens (primary N) is 1. The first-order valence-corrected chi connectivity index (χ1v) is 6.94. The molecule has 1 aromatic heterocycles. The highest BCUT2D eigenvalue weighted by atomic mass is 16.5. The van der Waals surface area contributed by atoms with Gasteiger partial charge in [-0.1, -0.05) is 0 Å². The Bertz CT molecular complexity index is 447. The fraction of sp³-hybridized carbons (Fsp3) is 0.692. The molecule has 2 unspecified atom stereocenters. The van der Waals surface area contributed by atoms with Crippen LogP contribution in [0, 0.1) is 0 Å². The highest BCUT2D eigenvalue weighted by Gasteiger charge is 2.34. The molecule has 3 N–H and O–H groups in total. The number of anilines is 2. The minimum atomic E-state index is 0.0228. The highest BCUT2D eigenvalue weighted by Crippen LogP contribution is 2.23. The second-order valence-electron chi connectivity index (χ2n) is 4.76. The molecule has 0 aliphatic carbocycles. The number of rotatable bonds is 7. The zero-order valence-corrected chi connectivity index (χ0v) is 12.7. The Labute approximate surface area is 124 Å². The molecule has 0 bridgehead atoms. The van der Waals surface area contributed by atoms with E-state index in [1.165, 1.54) is 0 Å². The molecule has 8 nitrogen and oxygen atoms in total. The van der Waals surface area contributed by atoms with Crippen molar-refractivity contribution in [3.8, 4) is 0 Å². The van der Waals surface area contributed by atoms with Crippen molar-refractivity contribution in [1.82, 2.24) is 9.97 Å². The van der Waals surface area contributed by atoms with E-state index >= 15 is 0 Å². The molecule has 0 amide bonds. The van der Waals surface area contributed by atoms with Gasteiger partial charge in [0.05, 0.1) is 0 Å². The number of nitrogen functional groups attached to an aromatic ring is 1. The number of methoxy groups -OCH3 is 2. The zero-order chi connectivity index (χ0) is 15.2. The minimum absolute atomic E-state index is 0.0228. The Kier molecular flexibility index (Phi) is 5.68. The quantitative estimate of drug-likeness (QED) is 0.542. The molecule has 21 heavy (non-hydrogen) atoms. The summed E-state index contributed by atoms with van der Waals surface area (Å²) in [5, 5.41) is 0. The standard InChI is InChI=1S/C13H23N5O3/c1-4-21-8-12-15-11(17-14)5-13(16-12)18-6-9(19-2)10(7-18)20-3/h5,9-10H,4,6-8,14H2,1-3H3,(H,15,16,17). The molecule has 1 fully saturated rings. The summed E-state index contributed by atoms with van der Waals surface area (Å²) in [5.74, 6) is 7.41. The van der Waals surface area contributed by atoms with E-state index in [-0.39, 0.29) is 12.2 Å². The smallest absolute Gasteiger partial charge is 0.158 e. The second kappa shape index (κ2) is 7.51. The van der Waals surface area contributed by atoms with Gasteiger partial charge in [0, 0.05) is 40.0 Å². The molecule has 0 saturated carbocycles. The van der Waals surface area contributed by atoms with Crippen molar-refractivity contribution in [3.63, 3.8) is 0 Å². The van der Waals surface area contributed by atoms with E-state index in [0.717, 1.165) is 5.82 Å². The van der Waals surface area contributed by atoms with Crippen LogP contribution in [0.5, 0.6) is 0 Å². The molecule has 0 aromatic carbocycles. The van der Waals surface area contributed by atoms with Gasteiger partial charge in [-0.3, -0.25) is 0 Å². The Morgan fingerprint density at radius 3 is 2.48 bits per heavy atom. The van der Waals surface area contributed by atoms with Crippen molar-refractivity contribution in [2.45, 2.75) is 25.7 Å². The van der Waals surface area contributed by atoms with Crippen LogP contribution < -0.4 is 16.2 Å². The van der Waals surface area contributed by atoms with Crippen LogP contribution >= 0.6 is 0 Å². The molecule has 8 heteroatoms. The first-order valence-electron chi connectivity index (χ1n) is 6.94. The number of nitrogens with zero attached hydrogens (tertiary/aromatic N) is 3. The van der Waals surface area contributed by atoms with E-state index in [2.05, 4.69) is 20.3 Å². The van der Waals surface area contributed by atoms with Crippen molar-refractivity contribution >= 4 is 11.6 Å². The van der Waals surface area contributed by atoms with Gasteiger partial charge in [-0.2, -0.15) is 0 Å². The summed E-state index contributed by atoms with van der Waals surface area (Å²) in [4.78, 5) is 10.9. The fourth-order valence-electron chi connectivity index (χ4n) is 2.36. The molecule has 1 saturated heterocycles. The molecule has 0 spiro atoms. The molecule has 1 aromatic rings. The van der Waals surface area contributed by atoms with E-state index in [4.69, 9.17) is 20.1 Å². The summed E-state index contributed by atoms with van der Waals surface area (Å²) in [6.07, 6.45) is 0.0455. The summed E-state index contributed by atoms with van der Waals surface area (Å²) in [6.45, 7) is 4.32. The Balaban J connectivity index is 2.18. The van der Waals surface area contributed by atoms with E-state index in [1.54, 1.807) is 20.3 Å². The molecule has 2 atom stereocenters. The van der Waals surface area contributed by atoms with Gasteiger partial charge in [-0.25, -0.2) is 15.8 Å². The summed E-state index contributed by atoms with van der Waals surface area (Å²) < 4.78 is 16.2. The molecular formula is C13H23N5O3. The molecular weight excluding hydrogens is 274 g/mol. The van der Waals surface area contributed by atoms with Gasteiger partial charge >= 0.3 is 0 Å². The van der Waals surface area contributed by atoms with Crippen LogP contribution in [0.25, 0.3) is 0 Å². The summed E-state index contributed by atoms with van der Waals surface area (Å²) in [5.41, 5.74) is 2.56. The van der Waals surface area contributed by atoms with Crippen molar-refractivity contribution < 1.29 is 14.2 Å². The maximum Gasteiger partial charge on any atom is 0.158 e. The normalized spacial score (nSPS) is 21.8. The molecule has 0 radical (unpaired) electrons. The third-order valence-electron chi connectivity index (χ3n) is 3.49. The predicted molar refractivity (Wildman–Crippen MR) is 79.0 cm³/mol. The number of hydrogen-bond acceptors (Lipinski definition) is 8. The van der Waals surface area contributed by atoms with Crippen LogP contribution in [0.2, 0.25) is 0 Å². The molecule has 1 aliphatic heterocycles. The summed E-state index contributed by atoms with van der Waals surface area (Å²) in [7, 11) is 3.38. The van der Waals surface area contributed by atoms with Crippen LogP contribution in [0.15, 0.2) is 6.07 Å². The largest absolute Gasteiger partial charge is 0.377 e. The first-order chi connectivity index (χ1) is 10.2. The molecule has 1 aliphatic rings. The van der Waals surface area contributed by atoms with E-state index < -0.39 is 0 Å². The fourth-order valence-corrected chi connectivity index (χ4v) is 2.36. The monoisotopic (exact) mass is 297 g/mol. The van der Waals surface area contributed by atoms with Gasteiger partial charge in [-0.05, 0) is 6.92 Å². The lowest BCUT2D eigenvalue weighted by Gasteiger charge is -2.18. The Hall–Kier alpha value is -1.48. The average molecular weight is 297 g/mol. The van der Waals surface area contributed by atoms with Gasteiger partial charge in [0.15, 0.2) is 5.82 Å². The molecule has 2 heterocycles. The highest BCUT2D eigenvalue weighted by molar-refractivity contribution is 5.50. The van der Waals surface area contributed by atoms with Crippen LogP contribution in [0.4, 0.5) is 11.6 Å². The number of ether oxygens (including phenoxy) is 3. The van der Waals surface area contributed by atoms with E-state index in [9.17, 15) is 0 Å². The van der Waals surface area contributed by atoms with Crippen LogP contribution in [-0.2, 0) is 20.8 Å². The lowest BCUT2D eigenvalue weighted by molar-refractivity contribution is -0.00461. The third-order valence-corrected chi connectivity index (χ3v) is 3.49. The molecule has 2 rings (SSSR count). The lowest BCUT2D eigenvalue weighted by Crippen LogP contribution is -2.27. The van der Waals surface area contributed by atoms with Crippen molar-refractivity contribution in [2.75, 3.05) is 44.2 Å². The van der Waals surface area contributed by atoms with Crippen molar-refractivity contribution in [1.29, 1.82) is 0 Å². The first kappa shape index (κ1) is 15.9. The number of aromatic nitrogens is 2. The van der Waals surface area contributed by atoms with Gasteiger partial charge in [0.1, 0.15) is 30.5 Å². The maximum atomic E-state index is 5.47. The number of nitrogens with one attached hydrogen (secondary N) is 1. The second-order valence-corrected chi connectivity index (χ2v) is 4.76. The number of hydrazine groups is 1. The number of hydrogen-bond donors (Lipinski definition) is 2. The topological polar surface area (TPSA) is 94.8 Å². The zero-order valence-electron chi connectivity index (χ0n) is 12.7. The lowest BCUT2D eigenvalue weighted by atomic mass is 10.3. The van der Waals surface area contributed by atoms with E-state index in [0.29, 0.717) is 37.9 Å². The van der Waals surface area contributed by atoms with Crippen LogP contribution in [0.1, 0.15) is 12.7 Å². The third kappa shape index (κ3) is 3.79. The SMILES string of the molecule is CCOCc1nc(NN)cc(N2CC(OC)C(OC)C2)n1. The van der Waals surface area contributed by atoms with Crippen molar-refractivity contribution in [2.24, 2.45) is 5.84 Å². The summed E-state index contributed by atoms with van der Waals surface area (Å²) >= 11 is 0. The van der Waals surface area contributed by atoms with Crippen LogP contribution in [0.3, 0.4) is 0 Å². The average Bonchev–Trinajstić information content (AvgIpc) is 2.96. The Morgan fingerprint density at radius 1 is 1.29 bits per heavy atom. The predicted octanol–water partition coefficient (Wildman–Crippen LogP) is 0.149. The van der Waals surface area contributed by atoms with Crippen LogP contribution in [-0.4, -0.2) is 56.1 Å². The minimum Gasteiger partial charge on any atom is -0.377 e. The van der Waals surface area contributed by atoms with Gasteiger partial charge in [0.2, 0.25) is 0 Å². The summed E-state index contributed by atoms with van der Waals surface area (Å²) in [6, 6.07) is 1.81. The maximum absolute atomic E-state index is 5.47. The Morgan fingerprint density at radius 2 is 1.95 bits per heavy atom. The van der Waals surface area contributed by atoms with Gasteiger partial charge in [0.25, 0.3) is 0 Å².